The number of hydrogen-bond acceptors (Lipinski definition) is 4. The van der Waals surface area contributed by atoms with Crippen LogP contribution in [-0.4, -0.2) is 16.8 Å². The summed E-state index contributed by atoms with van der Waals surface area (Å²) in [5.74, 6) is -0.516. The molecule has 2 aromatic carbocycles. The van der Waals surface area contributed by atoms with Gasteiger partial charge in [0, 0.05) is 22.0 Å². The number of nitrogens with one attached hydrogen (secondary N) is 2. The van der Waals surface area contributed by atoms with Crippen molar-refractivity contribution in [3.63, 3.8) is 0 Å². The fraction of sp³-hybridized carbons (Fsp3) is 0.190. The van der Waals surface area contributed by atoms with Crippen molar-refractivity contribution in [1.82, 2.24) is 10.3 Å². The topological polar surface area (TPSA) is 71.1 Å². The Morgan fingerprint density at radius 3 is 2.61 bits per heavy atom. The molecule has 2 amide bonds. The molecule has 1 atom stereocenters. The molecule has 4 rings (SSSR count). The molecule has 5 nitrogen and oxygen atoms in total. The highest BCUT2D eigenvalue weighted by atomic mass is 35.5. The Balaban J connectivity index is 1.40. The third-order valence-electron chi connectivity index (χ3n) is 4.67. The van der Waals surface area contributed by atoms with Gasteiger partial charge in [0.15, 0.2) is 5.13 Å². The maximum atomic E-state index is 12.6. The van der Waals surface area contributed by atoms with Gasteiger partial charge >= 0.3 is 0 Å². The van der Waals surface area contributed by atoms with Crippen LogP contribution in [0, 0.1) is 0 Å². The number of carbonyl (C=O) groups excluding carboxylic acids is 2. The summed E-state index contributed by atoms with van der Waals surface area (Å²) in [7, 11) is 0. The highest BCUT2D eigenvalue weighted by Gasteiger charge is 2.32. The molecule has 3 aromatic rings. The van der Waals surface area contributed by atoms with Crippen molar-refractivity contribution in [3.8, 4) is 0 Å². The number of aryl methyl sites for hydroxylation is 1. The lowest BCUT2D eigenvalue weighted by Gasteiger charge is -2.11. The lowest BCUT2D eigenvalue weighted by atomic mass is 10.1. The van der Waals surface area contributed by atoms with Crippen LogP contribution < -0.4 is 10.6 Å². The number of nitrogens with zero attached hydrogens (tertiary/aromatic N) is 1. The number of anilines is 1. The second-order valence-electron chi connectivity index (χ2n) is 6.58. The van der Waals surface area contributed by atoms with Crippen molar-refractivity contribution in [3.05, 3.63) is 81.3 Å². The van der Waals surface area contributed by atoms with E-state index in [1.54, 1.807) is 24.3 Å². The second-order valence-corrected chi connectivity index (χ2v) is 8.10. The summed E-state index contributed by atoms with van der Waals surface area (Å²) in [6.07, 6.45) is 1.54. The highest BCUT2D eigenvalue weighted by molar-refractivity contribution is 7.16. The van der Waals surface area contributed by atoms with Gasteiger partial charge in [-0.2, -0.15) is 0 Å². The standard InChI is InChI=1S/C21H18ClN3O2S/c22-15-8-6-13(7-9-15)12-23-20(27)16-10-11-17-18(16)24-21(28-17)25-19(26)14-4-2-1-3-5-14/h1-9,16H,10-12H2,(H,23,27)(H,24,25,26). The van der Waals surface area contributed by atoms with Gasteiger partial charge in [-0.3, -0.25) is 14.9 Å². The minimum absolute atomic E-state index is 0.0417. The molecule has 0 saturated carbocycles. The number of rotatable bonds is 5. The van der Waals surface area contributed by atoms with Crippen LogP contribution in [-0.2, 0) is 17.8 Å². The zero-order valence-corrected chi connectivity index (χ0v) is 16.5. The van der Waals surface area contributed by atoms with Crippen LogP contribution in [0.2, 0.25) is 5.02 Å². The summed E-state index contributed by atoms with van der Waals surface area (Å²) >= 11 is 7.33. The monoisotopic (exact) mass is 411 g/mol. The van der Waals surface area contributed by atoms with E-state index in [9.17, 15) is 9.59 Å². The summed E-state index contributed by atoms with van der Waals surface area (Å²) in [5.41, 5.74) is 2.35. The molecule has 1 unspecified atom stereocenters. The molecular weight excluding hydrogens is 394 g/mol. The molecule has 0 aliphatic heterocycles. The SMILES string of the molecule is O=C(Nc1nc2c(s1)CCC2C(=O)NCc1ccc(Cl)cc1)c1ccccc1. The van der Waals surface area contributed by atoms with E-state index in [2.05, 4.69) is 15.6 Å². The Kier molecular flexibility index (Phi) is 5.41. The highest BCUT2D eigenvalue weighted by Crippen LogP contribution is 2.38. The zero-order chi connectivity index (χ0) is 19.5. The first-order valence-corrected chi connectivity index (χ1v) is 10.2. The predicted octanol–water partition coefficient (Wildman–Crippen LogP) is 4.40. The van der Waals surface area contributed by atoms with Crippen LogP contribution in [0.1, 0.15) is 38.8 Å². The number of halogens is 1. The van der Waals surface area contributed by atoms with Gasteiger partial charge < -0.3 is 5.32 Å². The third kappa shape index (κ3) is 4.08. The van der Waals surface area contributed by atoms with E-state index in [4.69, 9.17) is 11.6 Å². The molecule has 0 spiro atoms. The van der Waals surface area contributed by atoms with Crippen molar-refractivity contribution < 1.29 is 9.59 Å². The van der Waals surface area contributed by atoms with E-state index in [1.165, 1.54) is 11.3 Å². The first kappa shape index (κ1) is 18.7. The molecule has 1 aromatic heterocycles. The summed E-state index contributed by atoms with van der Waals surface area (Å²) in [6.45, 7) is 0.448. The second kappa shape index (κ2) is 8.12. The van der Waals surface area contributed by atoms with Gasteiger partial charge in [0.25, 0.3) is 5.91 Å². The Morgan fingerprint density at radius 2 is 1.86 bits per heavy atom. The smallest absolute Gasteiger partial charge is 0.257 e. The summed E-state index contributed by atoms with van der Waals surface area (Å²) in [5, 5.41) is 7.01. The Bertz CT molecular complexity index is 1000. The Hall–Kier alpha value is -2.70. The zero-order valence-electron chi connectivity index (χ0n) is 14.9. The average molecular weight is 412 g/mol. The van der Waals surface area contributed by atoms with Crippen LogP contribution >= 0.6 is 22.9 Å². The summed E-state index contributed by atoms with van der Waals surface area (Å²) < 4.78 is 0. The molecule has 2 N–H and O–H groups in total. The van der Waals surface area contributed by atoms with Gasteiger partial charge in [-0.05, 0) is 42.7 Å². The van der Waals surface area contributed by atoms with Gasteiger partial charge in [0.05, 0.1) is 11.6 Å². The van der Waals surface area contributed by atoms with E-state index in [0.717, 1.165) is 29.0 Å². The minimum atomic E-state index is -0.277. The van der Waals surface area contributed by atoms with Crippen molar-refractivity contribution in [2.75, 3.05) is 5.32 Å². The number of thiazole rings is 1. The average Bonchev–Trinajstić information content (AvgIpc) is 3.28. The lowest BCUT2D eigenvalue weighted by molar-refractivity contribution is -0.122. The molecule has 1 aliphatic rings. The number of hydrogen-bond donors (Lipinski definition) is 2. The normalized spacial score (nSPS) is 15.1. The molecular formula is C21H18ClN3O2S. The quantitative estimate of drug-likeness (QED) is 0.653. The molecule has 1 aliphatic carbocycles. The first-order valence-electron chi connectivity index (χ1n) is 8.98. The van der Waals surface area contributed by atoms with Crippen LogP contribution in [0.3, 0.4) is 0 Å². The molecule has 0 bridgehead atoms. The van der Waals surface area contributed by atoms with Crippen molar-refractivity contribution in [2.45, 2.75) is 25.3 Å². The molecule has 142 valence electrons. The van der Waals surface area contributed by atoms with Crippen molar-refractivity contribution >= 4 is 39.9 Å². The fourth-order valence-corrected chi connectivity index (χ4v) is 4.37. The summed E-state index contributed by atoms with van der Waals surface area (Å²) in [6, 6.07) is 16.4. The van der Waals surface area contributed by atoms with Crippen LogP contribution in [0.15, 0.2) is 54.6 Å². The molecule has 0 radical (unpaired) electrons. The maximum Gasteiger partial charge on any atom is 0.257 e. The molecule has 28 heavy (non-hydrogen) atoms. The van der Waals surface area contributed by atoms with E-state index in [1.807, 2.05) is 30.3 Å². The predicted molar refractivity (Wildman–Crippen MR) is 111 cm³/mol. The number of amides is 2. The van der Waals surface area contributed by atoms with Gasteiger partial charge in [-0.1, -0.05) is 41.9 Å². The van der Waals surface area contributed by atoms with Crippen LogP contribution in [0.4, 0.5) is 5.13 Å². The van der Waals surface area contributed by atoms with Crippen LogP contribution in [0.25, 0.3) is 0 Å². The van der Waals surface area contributed by atoms with E-state index < -0.39 is 0 Å². The minimum Gasteiger partial charge on any atom is -0.351 e. The molecule has 7 heteroatoms. The summed E-state index contributed by atoms with van der Waals surface area (Å²) in [4.78, 5) is 30.5. The van der Waals surface area contributed by atoms with E-state index >= 15 is 0 Å². The van der Waals surface area contributed by atoms with Gasteiger partial charge in [-0.25, -0.2) is 4.98 Å². The Labute approximate surface area is 171 Å². The molecule has 0 saturated heterocycles. The fourth-order valence-electron chi connectivity index (χ4n) is 3.21. The molecule has 0 fully saturated rings. The first-order chi connectivity index (χ1) is 13.6. The number of benzene rings is 2. The lowest BCUT2D eigenvalue weighted by Crippen LogP contribution is -2.28. The van der Waals surface area contributed by atoms with Crippen molar-refractivity contribution in [1.29, 1.82) is 0 Å². The van der Waals surface area contributed by atoms with Crippen LogP contribution in [0.5, 0.6) is 0 Å². The molecule has 1 heterocycles. The van der Waals surface area contributed by atoms with E-state index in [-0.39, 0.29) is 17.7 Å². The van der Waals surface area contributed by atoms with Gasteiger partial charge in [-0.15, -0.1) is 11.3 Å². The number of carbonyl (C=O) groups is 2. The van der Waals surface area contributed by atoms with Crippen molar-refractivity contribution in [2.24, 2.45) is 0 Å². The van der Waals surface area contributed by atoms with Gasteiger partial charge in [0.2, 0.25) is 5.91 Å². The number of fused-ring (bicyclic) bond motifs is 1. The Morgan fingerprint density at radius 1 is 1.11 bits per heavy atom. The maximum absolute atomic E-state index is 12.6. The van der Waals surface area contributed by atoms with E-state index in [0.29, 0.717) is 22.3 Å². The third-order valence-corrected chi connectivity index (χ3v) is 5.97. The van der Waals surface area contributed by atoms with Gasteiger partial charge in [0.1, 0.15) is 0 Å². The largest absolute Gasteiger partial charge is 0.351 e. The number of aromatic nitrogens is 1.